The number of nitrogens with two attached hydrogens (primary N) is 1. The van der Waals surface area contributed by atoms with Gasteiger partial charge in [0.25, 0.3) is 5.91 Å². The summed E-state index contributed by atoms with van der Waals surface area (Å²) in [4.78, 5) is 41.6. The van der Waals surface area contributed by atoms with E-state index < -0.39 is 40.4 Å². The average Bonchev–Trinajstić information content (AvgIpc) is 3.16. The highest BCUT2D eigenvalue weighted by Gasteiger charge is 2.50. The second kappa shape index (κ2) is 13.5. The van der Waals surface area contributed by atoms with Crippen LogP contribution in [-0.4, -0.2) is 63.6 Å². The third-order valence-corrected chi connectivity index (χ3v) is 7.59. The standard InChI is InChI=1S/C29H39N3O5S.ClH/c1-19-12-10-11-15-22(19)36-17-23(33)37-24(21(30)16-20-13-8-7-9-14-20)27(35)32-18-38-29(5,6)25(32)26(34)31-28(2,3)4;/h7-15,21,24-25H,16-18,30H2,1-6H3,(H,31,34);1H/t21-,24-,25+;/m0./s1. The molecule has 39 heavy (non-hydrogen) atoms. The van der Waals surface area contributed by atoms with Crippen molar-refractivity contribution in [3.8, 4) is 5.75 Å². The van der Waals surface area contributed by atoms with E-state index in [4.69, 9.17) is 15.2 Å². The van der Waals surface area contributed by atoms with E-state index in [2.05, 4.69) is 5.32 Å². The van der Waals surface area contributed by atoms with Gasteiger partial charge in [-0.2, -0.15) is 0 Å². The zero-order chi connectivity index (χ0) is 28.1. The Morgan fingerprint density at radius 1 is 1.10 bits per heavy atom. The molecule has 1 fully saturated rings. The van der Waals surface area contributed by atoms with E-state index in [9.17, 15) is 14.4 Å². The number of para-hydroxylation sites is 1. The van der Waals surface area contributed by atoms with Gasteiger partial charge in [-0.1, -0.05) is 48.5 Å². The lowest BCUT2D eigenvalue weighted by Gasteiger charge is -2.35. The Bertz CT molecular complexity index is 1140. The summed E-state index contributed by atoms with van der Waals surface area (Å²) in [5, 5.41) is 2.99. The minimum Gasteiger partial charge on any atom is -0.482 e. The zero-order valence-corrected chi connectivity index (χ0v) is 25.1. The fourth-order valence-corrected chi connectivity index (χ4v) is 5.50. The fraction of sp³-hybridized carbons (Fsp3) is 0.483. The van der Waals surface area contributed by atoms with Crippen LogP contribution in [-0.2, 0) is 25.5 Å². The van der Waals surface area contributed by atoms with Crippen LogP contribution in [0.1, 0.15) is 45.7 Å². The van der Waals surface area contributed by atoms with Gasteiger partial charge in [-0.3, -0.25) is 9.59 Å². The molecule has 2 amide bonds. The van der Waals surface area contributed by atoms with Crippen molar-refractivity contribution < 1.29 is 23.9 Å². The number of amides is 2. The Morgan fingerprint density at radius 3 is 2.33 bits per heavy atom. The number of aryl methyl sites for hydroxylation is 1. The van der Waals surface area contributed by atoms with E-state index >= 15 is 0 Å². The molecule has 0 saturated carbocycles. The fourth-order valence-electron chi connectivity index (χ4n) is 4.36. The number of nitrogens with one attached hydrogen (secondary N) is 1. The molecule has 0 spiro atoms. The molecular formula is C29H40ClN3O5S. The first kappa shape index (κ1) is 32.5. The van der Waals surface area contributed by atoms with E-state index in [-0.39, 0.29) is 30.8 Å². The number of ether oxygens (including phenoxy) is 2. The highest BCUT2D eigenvalue weighted by atomic mass is 35.5. The molecule has 1 aliphatic heterocycles. The maximum atomic E-state index is 13.9. The molecule has 0 radical (unpaired) electrons. The van der Waals surface area contributed by atoms with E-state index in [0.29, 0.717) is 12.2 Å². The second-order valence-corrected chi connectivity index (χ2v) is 12.7. The van der Waals surface area contributed by atoms with E-state index in [1.807, 2.05) is 90.1 Å². The summed E-state index contributed by atoms with van der Waals surface area (Å²) in [6.45, 7) is 11.0. The van der Waals surface area contributed by atoms with Crippen LogP contribution in [0.3, 0.4) is 0 Å². The van der Waals surface area contributed by atoms with Crippen LogP contribution in [0.15, 0.2) is 54.6 Å². The van der Waals surface area contributed by atoms with Gasteiger partial charge in [0.2, 0.25) is 5.91 Å². The first-order valence-corrected chi connectivity index (χ1v) is 13.7. The Morgan fingerprint density at radius 2 is 1.72 bits per heavy atom. The van der Waals surface area contributed by atoms with Gasteiger partial charge in [0.1, 0.15) is 11.8 Å². The molecule has 10 heteroatoms. The monoisotopic (exact) mass is 577 g/mol. The van der Waals surface area contributed by atoms with Gasteiger partial charge in [0.05, 0.1) is 11.9 Å². The Kier molecular flexibility index (Phi) is 11.3. The Labute approximate surface area is 241 Å². The lowest BCUT2D eigenvalue weighted by Crippen LogP contribution is -2.60. The third-order valence-electron chi connectivity index (χ3n) is 6.22. The van der Waals surface area contributed by atoms with Crippen molar-refractivity contribution in [3.05, 3.63) is 65.7 Å². The quantitative estimate of drug-likeness (QED) is 0.435. The van der Waals surface area contributed by atoms with Gasteiger partial charge in [-0.25, -0.2) is 4.79 Å². The van der Waals surface area contributed by atoms with Crippen molar-refractivity contribution in [1.29, 1.82) is 0 Å². The van der Waals surface area contributed by atoms with Crippen molar-refractivity contribution in [2.24, 2.45) is 5.73 Å². The van der Waals surface area contributed by atoms with Crippen molar-refractivity contribution in [1.82, 2.24) is 10.2 Å². The molecule has 1 heterocycles. The molecular weight excluding hydrogens is 538 g/mol. The number of nitrogens with zero attached hydrogens (tertiary/aromatic N) is 1. The Balaban J connectivity index is 0.00000533. The van der Waals surface area contributed by atoms with Gasteiger partial charge in [0, 0.05) is 10.3 Å². The van der Waals surface area contributed by atoms with Crippen LogP contribution in [0.2, 0.25) is 0 Å². The molecule has 3 rings (SSSR count). The van der Waals surface area contributed by atoms with Crippen molar-refractivity contribution in [2.45, 2.75) is 76.4 Å². The van der Waals surface area contributed by atoms with Crippen LogP contribution in [0.25, 0.3) is 0 Å². The number of hydrogen-bond acceptors (Lipinski definition) is 7. The molecule has 0 unspecified atom stereocenters. The van der Waals surface area contributed by atoms with Gasteiger partial charge in [-0.15, -0.1) is 24.2 Å². The van der Waals surface area contributed by atoms with Crippen molar-refractivity contribution >= 4 is 42.0 Å². The number of thioether (sulfide) groups is 1. The number of esters is 1. The molecule has 214 valence electrons. The number of carbonyl (C=O) groups excluding carboxylic acids is 3. The zero-order valence-electron chi connectivity index (χ0n) is 23.4. The number of rotatable bonds is 9. The van der Waals surface area contributed by atoms with Crippen LogP contribution in [0.4, 0.5) is 0 Å². The lowest BCUT2D eigenvalue weighted by molar-refractivity contribution is -0.164. The molecule has 0 bridgehead atoms. The lowest BCUT2D eigenvalue weighted by atomic mass is 9.96. The predicted molar refractivity (Wildman–Crippen MR) is 157 cm³/mol. The maximum absolute atomic E-state index is 13.9. The van der Waals surface area contributed by atoms with Crippen LogP contribution in [0, 0.1) is 6.92 Å². The second-order valence-electron chi connectivity index (χ2n) is 11.1. The summed E-state index contributed by atoms with van der Waals surface area (Å²) in [5.41, 5.74) is 7.82. The smallest absolute Gasteiger partial charge is 0.345 e. The molecule has 1 saturated heterocycles. The average molecular weight is 578 g/mol. The van der Waals surface area contributed by atoms with Crippen LogP contribution >= 0.6 is 24.2 Å². The number of halogens is 1. The molecule has 0 aliphatic carbocycles. The maximum Gasteiger partial charge on any atom is 0.345 e. The van der Waals surface area contributed by atoms with E-state index in [1.54, 1.807) is 6.07 Å². The van der Waals surface area contributed by atoms with Gasteiger partial charge in [-0.05, 0) is 65.2 Å². The Hall–Kier alpha value is -2.75. The topological polar surface area (TPSA) is 111 Å². The summed E-state index contributed by atoms with van der Waals surface area (Å²) in [5.74, 6) is -0.635. The van der Waals surface area contributed by atoms with Gasteiger partial charge in [0.15, 0.2) is 12.7 Å². The molecule has 1 aliphatic rings. The first-order valence-electron chi connectivity index (χ1n) is 12.7. The molecule has 0 aromatic heterocycles. The molecule has 2 aromatic carbocycles. The minimum absolute atomic E-state index is 0. The van der Waals surface area contributed by atoms with Crippen LogP contribution < -0.4 is 15.8 Å². The highest BCUT2D eigenvalue weighted by molar-refractivity contribution is 8.00. The molecule has 3 atom stereocenters. The summed E-state index contributed by atoms with van der Waals surface area (Å²) in [7, 11) is 0. The summed E-state index contributed by atoms with van der Waals surface area (Å²) < 4.78 is 10.8. The molecule has 2 aromatic rings. The van der Waals surface area contributed by atoms with Crippen molar-refractivity contribution in [2.75, 3.05) is 12.5 Å². The minimum atomic E-state index is -1.29. The first-order chi connectivity index (χ1) is 17.8. The van der Waals surface area contributed by atoms with E-state index in [1.165, 1.54) is 16.7 Å². The number of hydrogen-bond donors (Lipinski definition) is 2. The predicted octanol–water partition coefficient (Wildman–Crippen LogP) is 3.87. The van der Waals surface area contributed by atoms with Crippen molar-refractivity contribution in [3.63, 3.8) is 0 Å². The van der Waals surface area contributed by atoms with Gasteiger partial charge < -0.3 is 25.4 Å². The molecule has 8 nitrogen and oxygen atoms in total. The molecule has 3 N–H and O–H groups in total. The normalized spacial score (nSPS) is 17.9. The number of carbonyl (C=O) groups is 3. The SMILES string of the molecule is Cc1ccccc1OCC(=O)O[C@H](C(=O)N1CSC(C)(C)[C@H]1C(=O)NC(C)(C)C)[C@@H](N)Cc1ccccc1.Cl. The van der Waals surface area contributed by atoms with E-state index in [0.717, 1.165) is 11.1 Å². The van der Waals surface area contributed by atoms with Crippen LogP contribution in [0.5, 0.6) is 5.75 Å². The summed E-state index contributed by atoms with van der Waals surface area (Å²) >= 11 is 1.50. The highest BCUT2D eigenvalue weighted by Crippen LogP contribution is 2.40. The third kappa shape index (κ3) is 8.88. The van der Waals surface area contributed by atoms with Gasteiger partial charge >= 0.3 is 5.97 Å². The largest absolute Gasteiger partial charge is 0.482 e. The summed E-state index contributed by atoms with van der Waals surface area (Å²) in [6, 6.07) is 15.2. The summed E-state index contributed by atoms with van der Waals surface area (Å²) in [6.07, 6.45) is -0.977. The number of benzene rings is 2.